The van der Waals surface area contributed by atoms with Crippen LogP contribution in [-0.2, 0) is 17.1 Å². The van der Waals surface area contributed by atoms with E-state index in [2.05, 4.69) is 67.5 Å². The minimum atomic E-state index is 0. The molecule has 5 rings (SSSR count). The molecule has 3 aromatic heterocycles. The van der Waals surface area contributed by atoms with Gasteiger partial charge in [0, 0.05) is 30.3 Å². The molecule has 2 aliphatic rings. The van der Waals surface area contributed by atoms with Gasteiger partial charge in [0.05, 0.1) is 0 Å². The first-order chi connectivity index (χ1) is 12.4. The van der Waals surface area contributed by atoms with Gasteiger partial charge >= 0.3 is 17.1 Å². The molecule has 2 saturated carbocycles. The topological polar surface area (TPSA) is 0 Å². The van der Waals surface area contributed by atoms with E-state index in [1.807, 2.05) is 54.8 Å². The molecule has 10 radical (unpaired) electrons. The average molecular weight is 432 g/mol. The van der Waals surface area contributed by atoms with Crippen LogP contribution in [0.4, 0.5) is 0 Å². The zero-order chi connectivity index (χ0) is 16.9. The van der Waals surface area contributed by atoms with Crippen LogP contribution in [0.25, 0.3) is 19.5 Å². The minimum absolute atomic E-state index is 0. The third-order valence-corrected chi connectivity index (χ3v) is 7.20. The van der Waals surface area contributed by atoms with Gasteiger partial charge in [0.1, 0.15) is 0 Å². The van der Waals surface area contributed by atoms with Gasteiger partial charge in [0.15, 0.2) is 0 Å². The summed E-state index contributed by atoms with van der Waals surface area (Å²) in [6, 6.07) is 13.2. The molecule has 2 fully saturated rings. The molecule has 0 aliphatic heterocycles. The van der Waals surface area contributed by atoms with Gasteiger partial charge in [-0.15, -0.1) is 34.0 Å². The maximum atomic E-state index is 2.24. The molecule has 0 amide bonds. The third kappa shape index (κ3) is 5.11. The van der Waals surface area contributed by atoms with E-state index in [1.54, 1.807) is 11.3 Å². The van der Waals surface area contributed by atoms with Crippen LogP contribution in [0.3, 0.4) is 0 Å². The van der Waals surface area contributed by atoms with Crippen LogP contribution in [-0.4, -0.2) is 0 Å². The van der Waals surface area contributed by atoms with E-state index in [1.165, 1.54) is 30.3 Å². The van der Waals surface area contributed by atoms with Crippen molar-refractivity contribution in [3.63, 3.8) is 0 Å². The normalized spacial score (nSPS) is 16.9. The minimum Gasteiger partial charge on any atom is -0.143 e. The van der Waals surface area contributed by atoms with Crippen molar-refractivity contribution < 1.29 is 17.1 Å². The van der Waals surface area contributed by atoms with Gasteiger partial charge in [-0.25, -0.2) is 0 Å². The van der Waals surface area contributed by atoms with Crippen LogP contribution in [0.2, 0.25) is 0 Å². The SMILES string of the molecule is [CH]1[CH][CH][CH][CH]1.[CH]1[CH][CH][C](c2ccc(-c3ccc(-c4cccs4)s3)s2)[CH]1.[Fe+2]. The Labute approximate surface area is 180 Å². The smallest absolute Gasteiger partial charge is 0.143 e. The maximum Gasteiger partial charge on any atom is 2.00 e. The molecule has 0 spiro atoms. The second-order valence-electron chi connectivity index (χ2n) is 5.44. The first-order valence-electron chi connectivity index (χ1n) is 8.03. The summed E-state index contributed by atoms with van der Waals surface area (Å²) < 4.78 is 0. The Morgan fingerprint density at radius 3 is 1.54 bits per heavy atom. The fourth-order valence-corrected chi connectivity index (χ4v) is 5.45. The van der Waals surface area contributed by atoms with E-state index in [-0.39, 0.29) is 17.1 Å². The summed E-state index contributed by atoms with van der Waals surface area (Å²) in [6.07, 6.45) is 18.5. The van der Waals surface area contributed by atoms with E-state index in [0.717, 1.165) is 0 Å². The summed E-state index contributed by atoms with van der Waals surface area (Å²) in [5, 5.41) is 2.13. The fraction of sp³-hybridized carbons (Fsp3) is 0. The van der Waals surface area contributed by atoms with Crippen molar-refractivity contribution in [3.8, 4) is 19.5 Å². The maximum absolute atomic E-state index is 2.24. The van der Waals surface area contributed by atoms with Crippen LogP contribution < -0.4 is 0 Å². The van der Waals surface area contributed by atoms with Gasteiger partial charge in [-0.2, -0.15) is 0 Å². The molecule has 0 atom stereocenters. The van der Waals surface area contributed by atoms with Crippen LogP contribution in [0.1, 0.15) is 4.88 Å². The van der Waals surface area contributed by atoms with Crippen LogP contribution in [0.5, 0.6) is 0 Å². The van der Waals surface area contributed by atoms with Crippen LogP contribution in [0.15, 0.2) is 41.8 Å². The summed E-state index contributed by atoms with van der Waals surface area (Å²) in [5.74, 6) is 1.32. The molecule has 2 aliphatic carbocycles. The molecule has 128 valence electrons. The standard InChI is InChI=1S/C17H11S3.C5H5.Fe/c1-2-5-12(4-1)13-7-8-16(19-13)17-10-9-15(20-17)14-6-3-11-18-14;1-2-4-5-3-1;/h1-11H;1-5H;/q;;+2. The predicted octanol–water partition coefficient (Wildman–Crippen LogP) is 6.98. The Balaban J connectivity index is 0.000000285. The van der Waals surface area contributed by atoms with Gasteiger partial charge < -0.3 is 0 Å². The zero-order valence-electron chi connectivity index (χ0n) is 13.8. The molecule has 0 nitrogen and oxygen atoms in total. The molecule has 0 N–H and O–H groups in total. The second-order valence-corrected chi connectivity index (χ2v) is 8.56. The van der Waals surface area contributed by atoms with Crippen molar-refractivity contribution in [3.05, 3.63) is 110 Å². The van der Waals surface area contributed by atoms with Gasteiger partial charge in [-0.3, -0.25) is 0 Å². The Hall–Kier alpha value is -0.381. The van der Waals surface area contributed by atoms with Crippen LogP contribution >= 0.6 is 34.0 Å². The van der Waals surface area contributed by atoms with Gasteiger partial charge in [0.2, 0.25) is 0 Å². The molecule has 0 unspecified atom stereocenters. The Morgan fingerprint density at radius 1 is 0.500 bits per heavy atom. The molecular formula is C22H16FeS3+2. The Kier molecular flexibility index (Phi) is 8.02. The second kappa shape index (κ2) is 10.2. The molecule has 3 aromatic rings. The predicted molar refractivity (Wildman–Crippen MR) is 112 cm³/mol. The van der Waals surface area contributed by atoms with E-state index in [9.17, 15) is 0 Å². The van der Waals surface area contributed by atoms with E-state index >= 15 is 0 Å². The van der Waals surface area contributed by atoms with Gasteiger partial charge in [-0.1, -0.05) is 6.07 Å². The van der Waals surface area contributed by atoms with Crippen molar-refractivity contribution in [1.29, 1.82) is 0 Å². The number of thiophene rings is 3. The largest absolute Gasteiger partial charge is 2.00 e. The summed E-state index contributed by atoms with van der Waals surface area (Å²) in [5.41, 5.74) is 0. The fourth-order valence-electron chi connectivity index (χ4n) is 2.51. The first-order valence-corrected chi connectivity index (χ1v) is 10.5. The molecule has 0 saturated heterocycles. The van der Waals surface area contributed by atoms with Crippen molar-refractivity contribution in [2.24, 2.45) is 0 Å². The van der Waals surface area contributed by atoms with Crippen molar-refractivity contribution in [2.75, 3.05) is 0 Å². The number of rotatable bonds is 3. The van der Waals surface area contributed by atoms with Crippen LogP contribution in [0, 0.1) is 63.7 Å². The third-order valence-electron chi connectivity index (χ3n) is 3.72. The molecule has 0 aromatic carbocycles. The van der Waals surface area contributed by atoms with Crippen molar-refractivity contribution in [1.82, 2.24) is 0 Å². The van der Waals surface area contributed by atoms with E-state index in [4.69, 9.17) is 0 Å². The molecule has 0 bridgehead atoms. The van der Waals surface area contributed by atoms with Gasteiger partial charge in [0.25, 0.3) is 0 Å². The van der Waals surface area contributed by atoms with E-state index in [0.29, 0.717) is 0 Å². The number of hydrogen-bond acceptors (Lipinski definition) is 3. The monoisotopic (exact) mass is 432 g/mol. The zero-order valence-corrected chi connectivity index (χ0v) is 17.4. The van der Waals surface area contributed by atoms with Gasteiger partial charge in [-0.05, 0) is 93.5 Å². The van der Waals surface area contributed by atoms with Crippen molar-refractivity contribution >= 4 is 34.0 Å². The number of hydrogen-bond donors (Lipinski definition) is 0. The quantitative estimate of drug-likeness (QED) is 0.392. The molecule has 3 heterocycles. The summed E-state index contributed by atoms with van der Waals surface area (Å²) in [7, 11) is 0. The first kappa shape index (κ1) is 20.4. The average Bonchev–Trinajstić information content (AvgIpc) is 3.50. The Bertz CT molecular complexity index is 751. The molecule has 4 heteroatoms. The van der Waals surface area contributed by atoms with Crippen molar-refractivity contribution in [2.45, 2.75) is 0 Å². The molecular weight excluding hydrogens is 416 g/mol. The van der Waals surface area contributed by atoms with E-state index < -0.39 is 0 Å². The summed E-state index contributed by atoms with van der Waals surface area (Å²) in [4.78, 5) is 6.77. The summed E-state index contributed by atoms with van der Waals surface area (Å²) >= 11 is 5.54. The Morgan fingerprint density at radius 2 is 1.00 bits per heavy atom. The molecule has 26 heavy (non-hydrogen) atoms. The summed E-state index contributed by atoms with van der Waals surface area (Å²) in [6.45, 7) is 0.